The Kier molecular flexibility index (Phi) is 5.50. The topological polar surface area (TPSA) is 74.6 Å². The molecule has 0 spiro atoms. The molecule has 1 saturated carbocycles. The zero-order valence-electron chi connectivity index (χ0n) is 17.4. The summed E-state index contributed by atoms with van der Waals surface area (Å²) in [4.78, 5) is 25.0. The summed E-state index contributed by atoms with van der Waals surface area (Å²) in [6.07, 6.45) is 8.60. The van der Waals surface area contributed by atoms with Crippen LogP contribution in [0.15, 0.2) is 42.5 Å². The van der Waals surface area contributed by atoms with Crippen LogP contribution in [0.3, 0.4) is 0 Å². The highest BCUT2D eigenvalue weighted by Crippen LogP contribution is 2.50. The predicted molar refractivity (Wildman–Crippen MR) is 118 cm³/mol. The van der Waals surface area contributed by atoms with Gasteiger partial charge in [-0.25, -0.2) is 0 Å². The maximum atomic E-state index is 13.0. The quantitative estimate of drug-likeness (QED) is 0.555. The molecular weight excluding hydrogens is 376 g/mol. The van der Waals surface area contributed by atoms with Gasteiger partial charge in [0.1, 0.15) is 5.41 Å². The van der Waals surface area contributed by atoms with Crippen LogP contribution in [-0.2, 0) is 21.4 Å². The number of carboxylic acids is 2. The van der Waals surface area contributed by atoms with Crippen LogP contribution in [0.1, 0.15) is 67.7 Å². The van der Waals surface area contributed by atoms with E-state index in [-0.39, 0.29) is 12.3 Å². The molecule has 1 unspecified atom stereocenters. The molecule has 2 N–H and O–H groups in total. The lowest BCUT2D eigenvalue weighted by Crippen LogP contribution is -2.47. The summed E-state index contributed by atoms with van der Waals surface area (Å²) in [5.74, 6) is -2.24. The molecule has 30 heavy (non-hydrogen) atoms. The molecule has 0 aromatic heterocycles. The molecule has 1 atom stereocenters. The van der Waals surface area contributed by atoms with Crippen LogP contribution in [-0.4, -0.2) is 22.2 Å². The molecule has 2 aromatic carbocycles. The molecule has 4 rings (SSSR count). The van der Waals surface area contributed by atoms with Gasteiger partial charge in [0.2, 0.25) is 0 Å². The summed E-state index contributed by atoms with van der Waals surface area (Å²) in [5, 5.41) is 20.5. The summed E-state index contributed by atoms with van der Waals surface area (Å²) in [6, 6.07) is 12.2. The Morgan fingerprint density at radius 2 is 1.77 bits per heavy atom. The van der Waals surface area contributed by atoms with Crippen molar-refractivity contribution in [2.75, 3.05) is 0 Å². The van der Waals surface area contributed by atoms with Gasteiger partial charge in [-0.2, -0.15) is 0 Å². The fourth-order valence-electron chi connectivity index (χ4n) is 5.70. The minimum absolute atomic E-state index is 0.181. The average molecular weight is 405 g/mol. The number of fused-ring (bicyclic) bond motifs is 3. The van der Waals surface area contributed by atoms with E-state index in [9.17, 15) is 19.8 Å². The van der Waals surface area contributed by atoms with Crippen molar-refractivity contribution in [2.24, 2.45) is 5.92 Å². The van der Waals surface area contributed by atoms with Crippen molar-refractivity contribution in [1.29, 1.82) is 0 Å². The Morgan fingerprint density at radius 1 is 1.03 bits per heavy atom. The first kappa shape index (κ1) is 20.4. The van der Waals surface area contributed by atoms with Crippen LogP contribution >= 0.6 is 0 Å². The lowest BCUT2D eigenvalue weighted by atomic mass is 9.61. The molecule has 0 heterocycles. The molecule has 0 amide bonds. The van der Waals surface area contributed by atoms with Crippen LogP contribution in [0.4, 0.5) is 0 Å². The minimum Gasteiger partial charge on any atom is -0.481 e. The molecule has 2 aromatic rings. The van der Waals surface area contributed by atoms with E-state index >= 15 is 0 Å². The highest BCUT2D eigenvalue weighted by Gasteiger charge is 2.51. The summed E-state index contributed by atoms with van der Waals surface area (Å²) in [5.41, 5.74) is 4.45. The van der Waals surface area contributed by atoms with Gasteiger partial charge in [0.15, 0.2) is 0 Å². The summed E-state index contributed by atoms with van der Waals surface area (Å²) in [7, 11) is 0. The smallest absolute Gasteiger partial charge is 0.315 e. The number of carboxylic acid groups (broad SMARTS) is 2. The van der Waals surface area contributed by atoms with Crippen molar-refractivity contribution in [3.05, 3.63) is 64.7 Å². The SMILES string of the molecule is CC=Cc1ccc2c(c1C(CC(=O)O)(C(=O)O)C1CCCCC1)Cc1ccccc1-2. The highest BCUT2D eigenvalue weighted by molar-refractivity contribution is 5.92. The lowest BCUT2D eigenvalue weighted by molar-refractivity contribution is -0.153. The number of hydrogen-bond acceptors (Lipinski definition) is 2. The normalized spacial score (nSPS) is 18.0. The summed E-state index contributed by atoms with van der Waals surface area (Å²) in [6.45, 7) is 1.91. The van der Waals surface area contributed by atoms with Crippen molar-refractivity contribution >= 4 is 18.0 Å². The highest BCUT2D eigenvalue weighted by atomic mass is 16.4. The van der Waals surface area contributed by atoms with Crippen LogP contribution in [0.2, 0.25) is 0 Å². The van der Waals surface area contributed by atoms with Crippen molar-refractivity contribution < 1.29 is 19.8 Å². The van der Waals surface area contributed by atoms with Crippen molar-refractivity contribution in [3.8, 4) is 11.1 Å². The van der Waals surface area contributed by atoms with Gasteiger partial charge >= 0.3 is 11.9 Å². The number of aliphatic carboxylic acids is 2. The van der Waals surface area contributed by atoms with Crippen molar-refractivity contribution in [1.82, 2.24) is 0 Å². The third kappa shape index (κ3) is 3.24. The van der Waals surface area contributed by atoms with E-state index in [1.807, 2.05) is 37.3 Å². The third-order valence-electron chi connectivity index (χ3n) is 6.93. The molecule has 4 heteroatoms. The zero-order chi connectivity index (χ0) is 21.3. The number of allylic oxidation sites excluding steroid dienone is 1. The van der Waals surface area contributed by atoms with Gasteiger partial charge in [-0.05, 0) is 65.5 Å². The molecule has 1 fully saturated rings. The van der Waals surface area contributed by atoms with Gasteiger partial charge in [0.25, 0.3) is 0 Å². The Balaban J connectivity index is 2.03. The van der Waals surface area contributed by atoms with Crippen LogP contribution in [0.25, 0.3) is 17.2 Å². The van der Waals surface area contributed by atoms with E-state index < -0.39 is 17.4 Å². The van der Waals surface area contributed by atoms with E-state index in [0.717, 1.165) is 59.9 Å². The molecular formula is C26H28O4. The summed E-state index contributed by atoms with van der Waals surface area (Å²) >= 11 is 0. The number of rotatable bonds is 6. The van der Waals surface area contributed by atoms with Crippen molar-refractivity contribution in [3.63, 3.8) is 0 Å². The van der Waals surface area contributed by atoms with Gasteiger partial charge in [0, 0.05) is 0 Å². The average Bonchev–Trinajstić information content (AvgIpc) is 3.11. The van der Waals surface area contributed by atoms with E-state index in [1.165, 1.54) is 5.56 Å². The largest absolute Gasteiger partial charge is 0.481 e. The van der Waals surface area contributed by atoms with E-state index in [0.29, 0.717) is 6.42 Å². The fourth-order valence-corrected chi connectivity index (χ4v) is 5.70. The van der Waals surface area contributed by atoms with Crippen LogP contribution in [0, 0.1) is 5.92 Å². The predicted octanol–water partition coefficient (Wildman–Crippen LogP) is 5.67. The standard InChI is InChI=1S/C26H28O4/c1-2-8-17-13-14-21-20-12-7-6-9-18(20)15-22(21)24(17)26(25(29)30,16-23(27)28)19-10-4-3-5-11-19/h2,6-9,12-14,19H,3-5,10-11,15-16H2,1H3,(H,27,28)(H,29,30). The van der Waals surface area contributed by atoms with Crippen LogP contribution < -0.4 is 0 Å². The third-order valence-corrected chi connectivity index (χ3v) is 6.93. The maximum Gasteiger partial charge on any atom is 0.315 e. The van der Waals surface area contributed by atoms with E-state index in [2.05, 4.69) is 18.2 Å². The number of hydrogen-bond donors (Lipinski definition) is 2. The first-order valence-corrected chi connectivity index (χ1v) is 10.8. The molecule has 4 nitrogen and oxygen atoms in total. The van der Waals surface area contributed by atoms with Crippen molar-refractivity contribution in [2.45, 2.75) is 57.3 Å². The maximum absolute atomic E-state index is 13.0. The molecule has 0 aliphatic heterocycles. The second kappa shape index (κ2) is 8.10. The second-order valence-corrected chi connectivity index (χ2v) is 8.57. The number of carbonyl (C=O) groups is 2. The minimum atomic E-state index is -1.42. The Morgan fingerprint density at radius 3 is 2.43 bits per heavy atom. The van der Waals surface area contributed by atoms with Gasteiger partial charge < -0.3 is 10.2 Å². The Bertz CT molecular complexity index is 1010. The monoisotopic (exact) mass is 404 g/mol. The van der Waals surface area contributed by atoms with Gasteiger partial charge in [-0.15, -0.1) is 0 Å². The second-order valence-electron chi connectivity index (χ2n) is 8.57. The molecule has 0 radical (unpaired) electrons. The van der Waals surface area contributed by atoms with Gasteiger partial charge in [-0.3, -0.25) is 9.59 Å². The molecule has 2 aliphatic carbocycles. The number of benzene rings is 2. The Labute approximate surface area is 177 Å². The molecule has 0 saturated heterocycles. The van der Waals surface area contributed by atoms with Gasteiger partial charge in [0.05, 0.1) is 6.42 Å². The van der Waals surface area contributed by atoms with Gasteiger partial charge in [-0.1, -0.05) is 67.8 Å². The first-order valence-electron chi connectivity index (χ1n) is 10.8. The molecule has 2 aliphatic rings. The first-order chi connectivity index (χ1) is 14.5. The molecule has 156 valence electrons. The van der Waals surface area contributed by atoms with E-state index in [1.54, 1.807) is 0 Å². The zero-order valence-corrected chi connectivity index (χ0v) is 17.4. The summed E-state index contributed by atoms with van der Waals surface area (Å²) < 4.78 is 0. The van der Waals surface area contributed by atoms with E-state index in [4.69, 9.17) is 0 Å². The molecule has 0 bridgehead atoms. The van der Waals surface area contributed by atoms with Crippen LogP contribution in [0.5, 0.6) is 0 Å². The Hall–Kier alpha value is -2.88. The fraction of sp³-hybridized carbons (Fsp3) is 0.385. The lowest BCUT2D eigenvalue weighted by Gasteiger charge is -2.41.